The molecule has 0 aliphatic carbocycles. The standard InChI is InChI=1S/C17H16O4/c1-12-3-5-13(6-4-12)11-16(17(18)19)21-15-9-7-14(20-2)8-10-15/h3-11H,1-2H3,(H,18,19). The van der Waals surface area contributed by atoms with Crippen molar-refractivity contribution in [2.75, 3.05) is 7.11 Å². The quantitative estimate of drug-likeness (QED) is 0.674. The second-order valence-corrected chi connectivity index (χ2v) is 4.50. The Bertz CT molecular complexity index is 639. The zero-order chi connectivity index (χ0) is 15.2. The summed E-state index contributed by atoms with van der Waals surface area (Å²) >= 11 is 0. The number of aliphatic carboxylic acids is 1. The summed E-state index contributed by atoms with van der Waals surface area (Å²) in [7, 11) is 1.57. The lowest BCUT2D eigenvalue weighted by Crippen LogP contribution is -2.07. The van der Waals surface area contributed by atoms with Crippen molar-refractivity contribution < 1.29 is 19.4 Å². The monoisotopic (exact) mass is 284 g/mol. The van der Waals surface area contributed by atoms with Gasteiger partial charge in [0, 0.05) is 0 Å². The van der Waals surface area contributed by atoms with Gasteiger partial charge in [-0.1, -0.05) is 29.8 Å². The Labute approximate surface area is 123 Å². The van der Waals surface area contributed by atoms with E-state index in [0.29, 0.717) is 11.5 Å². The van der Waals surface area contributed by atoms with Crippen molar-refractivity contribution in [3.63, 3.8) is 0 Å². The van der Waals surface area contributed by atoms with Crippen molar-refractivity contribution in [2.45, 2.75) is 6.92 Å². The van der Waals surface area contributed by atoms with Gasteiger partial charge in [0.15, 0.2) is 0 Å². The second-order valence-electron chi connectivity index (χ2n) is 4.50. The Kier molecular flexibility index (Phi) is 4.61. The maximum absolute atomic E-state index is 11.3. The van der Waals surface area contributed by atoms with Crippen molar-refractivity contribution in [1.82, 2.24) is 0 Å². The predicted octanol–water partition coefficient (Wildman–Crippen LogP) is 3.51. The first kappa shape index (κ1) is 14.7. The van der Waals surface area contributed by atoms with Crippen LogP contribution >= 0.6 is 0 Å². The van der Waals surface area contributed by atoms with Crippen LogP contribution in [0.5, 0.6) is 11.5 Å². The minimum atomic E-state index is -1.12. The number of carbonyl (C=O) groups is 1. The molecule has 0 amide bonds. The van der Waals surface area contributed by atoms with Gasteiger partial charge in [-0.2, -0.15) is 0 Å². The molecule has 0 aromatic heterocycles. The van der Waals surface area contributed by atoms with E-state index in [-0.39, 0.29) is 5.76 Å². The highest BCUT2D eigenvalue weighted by molar-refractivity contribution is 5.90. The number of carboxylic acids is 1. The molecular formula is C17H16O4. The smallest absolute Gasteiger partial charge is 0.371 e. The van der Waals surface area contributed by atoms with E-state index in [1.54, 1.807) is 31.4 Å². The number of aryl methyl sites for hydroxylation is 1. The molecule has 4 nitrogen and oxygen atoms in total. The van der Waals surface area contributed by atoms with E-state index in [4.69, 9.17) is 9.47 Å². The number of benzene rings is 2. The zero-order valence-electron chi connectivity index (χ0n) is 11.9. The number of carboxylic acid groups (broad SMARTS) is 1. The Morgan fingerprint density at radius 2 is 1.57 bits per heavy atom. The van der Waals surface area contributed by atoms with E-state index < -0.39 is 5.97 Å². The van der Waals surface area contributed by atoms with Gasteiger partial charge in [-0.3, -0.25) is 0 Å². The molecule has 0 unspecified atom stereocenters. The van der Waals surface area contributed by atoms with Crippen molar-refractivity contribution in [2.24, 2.45) is 0 Å². The van der Waals surface area contributed by atoms with Crippen molar-refractivity contribution >= 4 is 12.0 Å². The average Bonchev–Trinajstić information content (AvgIpc) is 2.49. The number of hydrogen-bond donors (Lipinski definition) is 1. The van der Waals surface area contributed by atoms with Crippen molar-refractivity contribution in [3.8, 4) is 11.5 Å². The van der Waals surface area contributed by atoms with Crippen molar-refractivity contribution in [1.29, 1.82) is 0 Å². The molecule has 0 heterocycles. The number of hydrogen-bond acceptors (Lipinski definition) is 3. The molecule has 2 rings (SSSR count). The summed E-state index contributed by atoms with van der Waals surface area (Å²) < 4.78 is 10.5. The maximum atomic E-state index is 11.3. The average molecular weight is 284 g/mol. The zero-order valence-corrected chi connectivity index (χ0v) is 11.9. The predicted molar refractivity (Wildman–Crippen MR) is 80.4 cm³/mol. The largest absolute Gasteiger partial charge is 0.497 e. The van der Waals surface area contributed by atoms with Gasteiger partial charge in [0.25, 0.3) is 0 Å². The molecule has 0 aliphatic heterocycles. The molecule has 2 aromatic rings. The Morgan fingerprint density at radius 3 is 2.10 bits per heavy atom. The Morgan fingerprint density at radius 1 is 1.00 bits per heavy atom. The van der Waals surface area contributed by atoms with E-state index >= 15 is 0 Å². The lowest BCUT2D eigenvalue weighted by molar-refractivity contribution is -0.134. The lowest BCUT2D eigenvalue weighted by Gasteiger charge is -2.07. The summed E-state index contributed by atoms with van der Waals surface area (Å²) in [5, 5.41) is 9.23. The van der Waals surface area contributed by atoms with Gasteiger partial charge >= 0.3 is 5.97 Å². The van der Waals surface area contributed by atoms with E-state index in [0.717, 1.165) is 11.1 Å². The van der Waals surface area contributed by atoms with Crippen LogP contribution in [0.2, 0.25) is 0 Å². The SMILES string of the molecule is COc1ccc(OC(=Cc2ccc(C)cc2)C(=O)O)cc1. The topological polar surface area (TPSA) is 55.8 Å². The molecule has 21 heavy (non-hydrogen) atoms. The third-order valence-corrected chi connectivity index (χ3v) is 2.87. The van der Waals surface area contributed by atoms with Crippen LogP contribution < -0.4 is 9.47 Å². The molecule has 0 saturated heterocycles. The fourth-order valence-corrected chi connectivity index (χ4v) is 1.72. The molecule has 0 fully saturated rings. The molecule has 0 bridgehead atoms. The Hall–Kier alpha value is -2.75. The fourth-order valence-electron chi connectivity index (χ4n) is 1.72. The molecule has 0 atom stereocenters. The second kappa shape index (κ2) is 6.61. The first-order valence-corrected chi connectivity index (χ1v) is 6.42. The number of rotatable bonds is 5. The molecule has 0 saturated carbocycles. The van der Waals surface area contributed by atoms with Crippen LogP contribution in [0.4, 0.5) is 0 Å². The van der Waals surface area contributed by atoms with Gasteiger partial charge in [0.2, 0.25) is 5.76 Å². The minimum Gasteiger partial charge on any atom is -0.497 e. The molecule has 1 N–H and O–H groups in total. The number of ether oxygens (including phenoxy) is 2. The summed E-state index contributed by atoms with van der Waals surface area (Å²) in [6.07, 6.45) is 1.49. The molecule has 0 radical (unpaired) electrons. The number of methoxy groups -OCH3 is 1. The van der Waals surface area contributed by atoms with Crippen LogP contribution in [0.3, 0.4) is 0 Å². The summed E-state index contributed by atoms with van der Waals surface area (Å²) in [6, 6.07) is 14.2. The summed E-state index contributed by atoms with van der Waals surface area (Å²) in [6.45, 7) is 1.97. The van der Waals surface area contributed by atoms with Gasteiger partial charge in [0.05, 0.1) is 7.11 Å². The molecule has 4 heteroatoms. The van der Waals surface area contributed by atoms with Gasteiger partial charge in [-0.25, -0.2) is 4.79 Å². The van der Waals surface area contributed by atoms with E-state index in [1.165, 1.54) is 6.08 Å². The van der Waals surface area contributed by atoms with Crippen LogP contribution in [0.1, 0.15) is 11.1 Å². The lowest BCUT2D eigenvalue weighted by atomic mass is 10.1. The van der Waals surface area contributed by atoms with E-state index in [2.05, 4.69) is 0 Å². The van der Waals surface area contributed by atoms with E-state index in [9.17, 15) is 9.90 Å². The third-order valence-electron chi connectivity index (χ3n) is 2.87. The summed E-state index contributed by atoms with van der Waals surface area (Å²) in [5.74, 6) is -0.131. The molecular weight excluding hydrogens is 268 g/mol. The molecule has 0 spiro atoms. The molecule has 2 aromatic carbocycles. The highest BCUT2D eigenvalue weighted by Crippen LogP contribution is 2.20. The molecule has 0 aliphatic rings. The van der Waals surface area contributed by atoms with Crippen LogP contribution in [-0.4, -0.2) is 18.2 Å². The fraction of sp³-hybridized carbons (Fsp3) is 0.118. The third kappa shape index (κ3) is 4.11. The summed E-state index contributed by atoms with van der Waals surface area (Å²) in [5.41, 5.74) is 1.88. The van der Waals surface area contributed by atoms with Gasteiger partial charge in [-0.05, 0) is 42.8 Å². The van der Waals surface area contributed by atoms with Crippen LogP contribution in [-0.2, 0) is 4.79 Å². The van der Waals surface area contributed by atoms with E-state index in [1.807, 2.05) is 31.2 Å². The molecule has 108 valence electrons. The van der Waals surface area contributed by atoms with Crippen molar-refractivity contribution in [3.05, 3.63) is 65.4 Å². The first-order chi connectivity index (χ1) is 10.1. The van der Waals surface area contributed by atoms with Gasteiger partial charge in [0.1, 0.15) is 11.5 Å². The summed E-state index contributed by atoms with van der Waals surface area (Å²) in [4.78, 5) is 11.3. The Balaban J connectivity index is 2.22. The normalized spacial score (nSPS) is 11.0. The van der Waals surface area contributed by atoms with Crippen LogP contribution in [0.15, 0.2) is 54.3 Å². The highest BCUT2D eigenvalue weighted by Gasteiger charge is 2.10. The van der Waals surface area contributed by atoms with Gasteiger partial charge < -0.3 is 14.6 Å². The van der Waals surface area contributed by atoms with Gasteiger partial charge in [-0.15, -0.1) is 0 Å². The first-order valence-electron chi connectivity index (χ1n) is 6.42. The minimum absolute atomic E-state index is 0.135. The van der Waals surface area contributed by atoms with Crippen LogP contribution in [0, 0.1) is 6.92 Å². The van der Waals surface area contributed by atoms with Crippen LogP contribution in [0.25, 0.3) is 6.08 Å². The maximum Gasteiger partial charge on any atom is 0.371 e. The highest BCUT2D eigenvalue weighted by atomic mass is 16.5.